The van der Waals surface area contributed by atoms with Crippen LogP contribution in [0.3, 0.4) is 0 Å². The molecule has 0 fully saturated rings. The average molecular weight is 490 g/mol. The molecule has 3 rings (SSSR count). The molecule has 140 valence electrons. The molecule has 6 nitrogen and oxygen atoms in total. The van der Waals surface area contributed by atoms with Crippen molar-refractivity contribution in [2.24, 2.45) is 10.7 Å². The number of halogens is 2. The number of guanidine groups is 1. The van der Waals surface area contributed by atoms with Crippen molar-refractivity contribution in [2.75, 3.05) is 20.3 Å². The van der Waals surface area contributed by atoms with Gasteiger partial charge in [-0.3, -0.25) is 0 Å². The lowest BCUT2D eigenvalue weighted by Crippen LogP contribution is -2.31. The van der Waals surface area contributed by atoms with Crippen molar-refractivity contribution in [3.8, 4) is 17.2 Å². The molecule has 3 N–H and O–H groups in total. The first-order valence-corrected chi connectivity index (χ1v) is 8.29. The van der Waals surface area contributed by atoms with Crippen LogP contribution in [-0.4, -0.2) is 26.3 Å². The van der Waals surface area contributed by atoms with Crippen LogP contribution in [0.5, 0.6) is 17.2 Å². The smallest absolute Gasteiger partial charge is 0.189 e. The first-order valence-electron chi connectivity index (χ1n) is 7.91. The van der Waals surface area contributed by atoms with Gasteiger partial charge in [0.25, 0.3) is 0 Å². The van der Waals surface area contributed by atoms with E-state index in [1.165, 1.54) is 0 Å². The predicted molar refractivity (Wildman–Crippen MR) is 113 cm³/mol. The molecule has 26 heavy (non-hydrogen) atoms. The Morgan fingerprint density at radius 3 is 2.85 bits per heavy atom. The number of ether oxygens (including phenoxy) is 3. The molecule has 8 heteroatoms. The summed E-state index contributed by atoms with van der Waals surface area (Å²) in [7, 11) is 1.64. The third-order valence-corrected chi connectivity index (χ3v) is 4.02. The predicted octanol–water partition coefficient (Wildman–Crippen LogP) is 3.34. The van der Waals surface area contributed by atoms with Crippen molar-refractivity contribution in [3.63, 3.8) is 0 Å². The minimum Gasteiger partial charge on any atom is -0.496 e. The second-order valence-electron chi connectivity index (χ2n) is 5.47. The van der Waals surface area contributed by atoms with E-state index < -0.39 is 0 Å². The molecule has 0 amide bonds. The number of nitrogens with zero attached hydrogens (tertiary/aromatic N) is 1. The lowest BCUT2D eigenvalue weighted by Gasteiger charge is -2.20. The minimum atomic E-state index is 0. The van der Waals surface area contributed by atoms with E-state index in [0.717, 1.165) is 16.9 Å². The normalized spacial score (nSPS) is 12.9. The van der Waals surface area contributed by atoms with Crippen molar-refractivity contribution >= 4 is 41.5 Å². The molecule has 1 heterocycles. The van der Waals surface area contributed by atoms with Crippen LogP contribution in [0.15, 0.2) is 41.4 Å². The SMILES string of the molecule is COc1ccccc1CNC(N)=NCc1cc(Cl)c2c(c1)OCCO2.I. The van der Waals surface area contributed by atoms with Gasteiger partial charge in [0.2, 0.25) is 0 Å². The van der Waals surface area contributed by atoms with Gasteiger partial charge in [0, 0.05) is 12.1 Å². The van der Waals surface area contributed by atoms with E-state index in [4.69, 9.17) is 31.5 Å². The lowest BCUT2D eigenvalue weighted by molar-refractivity contribution is 0.171. The summed E-state index contributed by atoms with van der Waals surface area (Å²) in [6.07, 6.45) is 0. The van der Waals surface area contributed by atoms with Crippen LogP contribution >= 0.6 is 35.6 Å². The number of aliphatic imine (C=N–C) groups is 1. The Balaban J connectivity index is 0.00000243. The molecule has 0 radical (unpaired) electrons. The summed E-state index contributed by atoms with van der Waals surface area (Å²) in [5.41, 5.74) is 7.85. The van der Waals surface area contributed by atoms with Gasteiger partial charge in [-0.25, -0.2) is 4.99 Å². The number of nitrogens with two attached hydrogens (primary N) is 1. The summed E-state index contributed by atoms with van der Waals surface area (Å²) < 4.78 is 16.4. The average Bonchev–Trinajstić information content (AvgIpc) is 2.65. The Labute approximate surface area is 174 Å². The van der Waals surface area contributed by atoms with E-state index in [1.807, 2.05) is 36.4 Å². The number of benzene rings is 2. The van der Waals surface area contributed by atoms with Crippen LogP contribution in [0.25, 0.3) is 0 Å². The summed E-state index contributed by atoms with van der Waals surface area (Å²) in [5.74, 6) is 2.38. The van der Waals surface area contributed by atoms with E-state index in [-0.39, 0.29) is 24.0 Å². The molecule has 0 bridgehead atoms. The van der Waals surface area contributed by atoms with Crippen molar-refractivity contribution in [3.05, 3.63) is 52.5 Å². The maximum absolute atomic E-state index is 6.22. The molecule has 2 aromatic carbocycles. The van der Waals surface area contributed by atoms with Gasteiger partial charge in [-0.15, -0.1) is 24.0 Å². The second kappa shape index (κ2) is 9.72. The molecule has 1 aliphatic heterocycles. The molecule has 0 unspecified atom stereocenters. The van der Waals surface area contributed by atoms with Crippen LogP contribution in [-0.2, 0) is 13.1 Å². The van der Waals surface area contributed by atoms with Gasteiger partial charge in [0.15, 0.2) is 17.5 Å². The molecular formula is C18H21ClIN3O3. The molecule has 0 aromatic heterocycles. The molecule has 0 saturated heterocycles. The zero-order chi connectivity index (χ0) is 17.6. The molecular weight excluding hydrogens is 469 g/mol. The van der Waals surface area contributed by atoms with E-state index >= 15 is 0 Å². The van der Waals surface area contributed by atoms with Crippen molar-refractivity contribution in [2.45, 2.75) is 13.1 Å². The van der Waals surface area contributed by atoms with E-state index in [1.54, 1.807) is 7.11 Å². The maximum Gasteiger partial charge on any atom is 0.189 e. The molecule has 0 aliphatic carbocycles. The zero-order valence-corrected chi connectivity index (χ0v) is 17.4. The third-order valence-electron chi connectivity index (χ3n) is 3.74. The summed E-state index contributed by atoms with van der Waals surface area (Å²) in [4.78, 5) is 4.34. The maximum atomic E-state index is 6.22. The van der Waals surface area contributed by atoms with Gasteiger partial charge >= 0.3 is 0 Å². The summed E-state index contributed by atoms with van der Waals surface area (Å²) in [6, 6.07) is 11.4. The van der Waals surface area contributed by atoms with Crippen LogP contribution in [0.4, 0.5) is 0 Å². The van der Waals surface area contributed by atoms with Crippen molar-refractivity contribution < 1.29 is 14.2 Å². The second-order valence-corrected chi connectivity index (χ2v) is 5.88. The topological polar surface area (TPSA) is 78.1 Å². The van der Waals surface area contributed by atoms with Gasteiger partial charge in [-0.05, 0) is 23.8 Å². The molecule has 0 spiro atoms. The Kier molecular flexibility index (Phi) is 7.65. The summed E-state index contributed by atoms with van der Waals surface area (Å²) in [6.45, 7) is 1.94. The minimum absolute atomic E-state index is 0. The largest absolute Gasteiger partial charge is 0.496 e. The quantitative estimate of drug-likeness (QED) is 0.383. The standard InChI is InChI=1S/C18H20ClN3O3.HI/c1-23-15-5-3-2-4-13(15)11-22-18(20)21-10-12-8-14(19)17-16(9-12)24-6-7-25-17;/h2-5,8-9H,6-7,10-11H2,1H3,(H3,20,21,22);1H. The fourth-order valence-corrected chi connectivity index (χ4v) is 2.81. The number of methoxy groups -OCH3 is 1. The number of hydrogen-bond donors (Lipinski definition) is 2. The van der Waals surface area contributed by atoms with E-state index in [0.29, 0.717) is 48.8 Å². The van der Waals surface area contributed by atoms with Gasteiger partial charge in [-0.2, -0.15) is 0 Å². The fraction of sp³-hybridized carbons (Fsp3) is 0.278. The van der Waals surface area contributed by atoms with Crippen LogP contribution in [0.1, 0.15) is 11.1 Å². The van der Waals surface area contributed by atoms with Gasteiger partial charge < -0.3 is 25.3 Å². The molecule has 0 saturated carbocycles. The highest BCUT2D eigenvalue weighted by Crippen LogP contribution is 2.38. The van der Waals surface area contributed by atoms with Gasteiger partial charge in [-0.1, -0.05) is 29.8 Å². The van der Waals surface area contributed by atoms with Crippen LogP contribution in [0, 0.1) is 0 Å². The molecule has 1 aliphatic rings. The Morgan fingerprint density at radius 1 is 1.27 bits per heavy atom. The molecule has 0 atom stereocenters. The fourth-order valence-electron chi connectivity index (χ4n) is 2.52. The van der Waals surface area contributed by atoms with Gasteiger partial charge in [0.05, 0.1) is 18.7 Å². The van der Waals surface area contributed by atoms with Crippen LogP contribution in [0.2, 0.25) is 5.02 Å². The van der Waals surface area contributed by atoms with Crippen molar-refractivity contribution in [1.29, 1.82) is 0 Å². The highest BCUT2D eigenvalue weighted by atomic mass is 127. The molecule has 2 aromatic rings. The van der Waals surface area contributed by atoms with E-state index in [2.05, 4.69) is 10.3 Å². The number of nitrogens with one attached hydrogen (secondary N) is 1. The highest BCUT2D eigenvalue weighted by Gasteiger charge is 2.16. The van der Waals surface area contributed by atoms with E-state index in [9.17, 15) is 0 Å². The zero-order valence-electron chi connectivity index (χ0n) is 14.3. The Bertz CT molecular complexity index is 786. The van der Waals surface area contributed by atoms with Gasteiger partial charge in [0.1, 0.15) is 19.0 Å². The number of fused-ring (bicyclic) bond motifs is 1. The lowest BCUT2D eigenvalue weighted by atomic mass is 10.2. The first kappa shape index (κ1) is 20.4. The van der Waals surface area contributed by atoms with Crippen molar-refractivity contribution in [1.82, 2.24) is 5.32 Å². The summed E-state index contributed by atoms with van der Waals surface area (Å²) in [5, 5.41) is 3.60. The first-order chi connectivity index (χ1) is 12.2. The van der Waals surface area contributed by atoms with Crippen LogP contribution < -0.4 is 25.3 Å². The highest BCUT2D eigenvalue weighted by molar-refractivity contribution is 14.0. The number of rotatable bonds is 5. The summed E-state index contributed by atoms with van der Waals surface area (Å²) >= 11 is 6.22. The monoisotopic (exact) mass is 489 g/mol. The third kappa shape index (κ3) is 5.07. The number of hydrogen-bond acceptors (Lipinski definition) is 4. The Hall–Kier alpha value is -1.87. The number of para-hydroxylation sites is 1. The Morgan fingerprint density at radius 2 is 2.04 bits per heavy atom.